The van der Waals surface area contributed by atoms with Crippen LogP contribution in [-0.2, 0) is 0 Å². The monoisotopic (exact) mass is 288 g/mol. The summed E-state index contributed by atoms with van der Waals surface area (Å²) < 4.78 is 10.4. The molecule has 0 aliphatic heterocycles. The molecular weight excluding hydrogens is 268 g/mol. The van der Waals surface area contributed by atoms with Gasteiger partial charge in [-0.2, -0.15) is 0 Å². The highest BCUT2D eigenvalue weighted by atomic mass is 16.5. The average Bonchev–Trinajstić information content (AvgIpc) is 2.95. The number of benzene rings is 1. The molecule has 0 N–H and O–H groups in total. The van der Waals surface area contributed by atoms with Crippen molar-refractivity contribution in [2.75, 3.05) is 20.7 Å². The molecule has 1 amide bonds. The van der Waals surface area contributed by atoms with Gasteiger partial charge < -0.3 is 14.2 Å². The van der Waals surface area contributed by atoms with Crippen molar-refractivity contribution in [3.63, 3.8) is 0 Å². The molecular formula is C16H20N2O3. The zero-order valence-electron chi connectivity index (χ0n) is 12.8. The SMILES string of the molecule is COc1ccc(-c2cc(C(=O)N(C)CC(C)C)no2)cc1. The van der Waals surface area contributed by atoms with Crippen molar-refractivity contribution in [3.8, 4) is 17.1 Å². The first kappa shape index (κ1) is 15.1. The molecule has 0 saturated heterocycles. The molecule has 0 radical (unpaired) electrons. The third-order valence-corrected chi connectivity index (χ3v) is 3.09. The second-order valence-electron chi connectivity index (χ2n) is 5.38. The maximum atomic E-state index is 12.2. The number of aromatic nitrogens is 1. The van der Waals surface area contributed by atoms with E-state index in [2.05, 4.69) is 19.0 Å². The minimum atomic E-state index is -0.132. The average molecular weight is 288 g/mol. The normalized spacial score (nSPS) is 10.7. The van der Waals surface area contributed by atoms with Crippen LogP contribution in [0.2, 0.25) is 0 Å². The highest BCUT2D eigenvalue weighted by Gasteiger charge is 2.18. The van der Waals surface area contributed by atoms with Gasteiger partial charge in [0.1, 0.15) is 5.75 Å². The molecule has 0 spiro atoms. The van der Waals surface area contributed by atoms with Crippen LogP contribution in [0.5, 0.6) is 5.75 Å². The van der Waals surface area contributed by atoms with Gasteiger partial charge in [-0.3, -0.25) is 4.79 Å². The number of nitrogens with zero attached hydrogens (tertiary/aromatic N) is 2. The van der Waals surface area contributed by atoms with E-state index >= 15 is 0 Å². The van der Waals surface area contributed by atoms with Gasteiger partial charge in [0.25, 0.3) is 5.91 Å². The molecule has 0 fully saturated rings. The van der Waals surface area contributed by atoms with Gasteiger partial charge in [-0.25, -0.2) is 0 Å². The summed E-state index contributed by atoms with van der Waals surface area (Å²) in [5.41, 5.74) is 1.18. The second-order valence-corrected chi connectivity index (χ2v) is 5.38. The molecule has 0 atom stereocenters. The van der Waals surface area contributed by atoms with Gasteiger partial charge in [0.15, 0.2) is 11.5 Å². The molecule has 2 rings (SSSR count). The first-order chi connectivity index (χ1) is 10.0. The minimum absolute atomic E-state index is 0.132. The molecule has 0 unspecified atom stereocenters. The second kappa shape index (κ2) is 6.43. The van der Waals surface area contributed by atoms with Crippen molar-refractivity contribution in [3.05, 3.63) is 36.0 Å². The predicted octanol–water partition coefficient (Wildman–Crippen LogP) is 3.08. The lowest BCUT2D eigenvalue weighted by atomic mass is 10.1. The van der Waals surface area contributed by atoms with Crippen LogP contribution in [0.15, 0.2) is 34.9 Å². The lowest BCUT2D eigenvalue weighted by Gasteiger charge is -2.17. The zero-order chi connectivity index (χ0) is 15.4. The number of rotatable bonds is 5. The van der Waals surface area contributed by atoms with Crippen LogP contribution in [0.4, 0.5) is 0 Å². The largest absolute Gasteiger partial charge is 0.497 e. The number of hydrogen-bond donors (Lipinski definition) is 0. The number of amides is 1. The van der Waals surface area contributed by atoms with Gasteiger partial charge >= 0.3 is 0 Å². The molecule has 5 heteroatoms. The first-order valence-electron chi connectivity index (χ1n) is 6.88. The van der Waals surface area contributed by atoms with Gasteiger partial charge in [-0.15, -0.1) is 0 Å². The third kappa shape index (κ3) is 3.62. The van der Waals surface area contributed by atoms with Crippen LogP contribution in [-0.4, -0.2) is 36.7 Å². The van der Waals surface area contributed by atoms with Gasteiger partial charge in [-0.05, 0) is 30.2 Å². The summed E-state index contributed by atoms with van der Waals surface area (Å²) in [7, 11) is 3.38. The quantitative estimate of drug-likeness (QED) is 0.848. The fourth-order valence-electron chi connectivity index (χ4n) is 2.09. The Morgan fingerprint density at radius 1 is 1.33 bits per heavy atom. The topological polar surface area (TPSA) is 55.6 Å². The Kier molecular flexibility index (Phi) is 4.62. The number of hydrogen-bond acceptors (Lipinski definition) is 4. The number of methoxy groups -OCH3 is 1. The Bertz CT molecular complexity index is 602. The summed E-state index contributed by atoms with van der Waals surface area (Å²) in [6, 6.07) is 9.08. The number of carbonyl (C=O) groups is 1. The maximum absolute atomic E-state index is 12.2. The Morgan fingerprint density at radius 2 is 2.00 bits per heavy atom. The first-order valence-corrected chi connectivity index (χ1v) is 6.88. The van der Waals surface area contributed by atoms with Crippen molar-refractivity contribution in [2.45, 2.75) is 13.8 Å². The van der Waals surface area contributed by atoms with E-state index in [4.69, 9.17) is 9.26 Å². The highest BCUT2D eigenvalue weighted by molar-refractivity contribution is 5.92. The van der Waals surface area contributed by atoms with Gasteiger partial charge in [0.05, 0.1) is 7.11 Å². The van der Waals surface area contributed by atoms with E-state index in [0.29, 0.717) is 23.9 Å². The van der Waals surface area contributed by atoms with Crippen molar-refractivity contribution < 1.29 is 14.1 Å². The molecule has 1 heterocycles. The molecule has 2 aromatic rings. The van der Waals surface area contributed by atoms with E-state index in [1.165, 1.54) is 0 Å². The summed E-state index contributed by atoms with van der Waals surface area (Å²) in [5.74, 6) is 1.62. The van der Waals surface area contributed by atoms with E-state index in [9.17, 15) is 4.79 Å². The fraction of sp³-hybridized carbons (Fsp3) is 0.375. The van der Waals surface area contributed by atoms with Crippen molar-refractivity contribution in [1.82, 2.24) is 10.1 Å². The smallest absolute Gasteiger partial charge is 0.275 e. The van der Waals surface area contributed by atoms with Crippen LogP contribution in [0.3, 0.4) is 0 Å². The molecule has 0 bridgehead atoms. The Balaban J connectivity index is 2.15. The third-order valence-electron chi connectivity index (χ3n) is 3.09. The van der Waals surface area contributed by atoms with Gasteiger partial charge in [0, 0.05) is 25.2 Å². The lowest BCUT2D eigenvalue weighted by molar-refractivity contribution is 0.0769. The summed E-state index contributed by atoms with van der Waals surface area (Å²) in [4.78, 5) is 13.9. The molecule has 112 valence electrons. The van der Waals surface area contributed by atoms with Gasteiger partial charge in [0.2, 0.25) is 0 Å². The van der Waals surface area contributed by atoms with Crippen molar-refractivity contribution in [1.29, 1.82) is 0 Å². The van der Waals surface area contributed by atoms with E-state index in [1.54, 1.807) is 25.1 Å². The number of ether oxygens (including phenoxy) is 1. The zero-order valence-corrected chi connectivity index (χ0v) is 12.8. The summed E-state index contributed by atoms with van der Waals surface area (Å²) in [5, 5.41) is 3.87. The van der Waals surface area contributed by atoms with Crippen LogP contribution in [0, 0.1) is 5.92 Å². The van der Waals surface area contributed by atoms with E-state index in [0.717, 1.165) is 11.3 Å². The minimum Gasteiger partial charge on any atom is -0.497 e. The molecule has 1 aromatic heterocycles. The van der Waals surface area contributed by atoms with Crippen molar-refractivity contribution >= 4 is 5.91 Å². The van der Waals surface area contributed by atoms with Crippen LogP contribution < -0.4 is 4.74 Å². The maximum Gasteiger partial charge on any atom is 0.275 e. The summed E-state index contributed by atoms with van der Waals surface area (Å²) in [6.07, 6.45) is 0. The Labute approximate surface area is 124 Å². The predicted molar refractivity (Wildman–Crippen MR) is 80.3 cm³/mol. The molecule has 1 aromatic carbocycles. The number of carbonyl (C=O) groups excluding carboxylic acids is 1. The summed E-state index contributed by atoms with van der Waals surface area (Å²) in [6.45, 7) is 4.81. The highest BCUT2D eigenvalue weighted by Crippen LogP contribution is 2.23. The molecule has 0 aliphatic rings. The fourth-order valence-corrected chi connectivity index (χ4v) is 2.09. The molecule has 5 nitrogen and oxygen atoms in total. The van der Waals surface area contributed by atoms with E-state index < -0.39 is 0 Å². The lowest BCUT2D eigenvalue weighted by Crippen LogP contribution is -2.30. The van der Waals surface area contributed by atoms with E-state index in [-0.39, 0.29) is 5.91 Å². The van der Waals surface area contributed by atoms with Crippen LogP contribution in [0.25, 0.3) is 11.3 Å². The van der Waals surface area contributed by atoms with Crippen LogP contribution in [0.1, 0.15) is 24.3 Å². The van der Waals surface area contributed by atoms with Gasteiger partial charge in [-0.1, -0.05) is 19.0 Å². The van der Waals surface area contributed by atoms with Crippen molar-refractivity contribution in [2.24, 2.45) is 5.92 Å². The molecule has 0 aliphatic carbocycles. The summed E-state index contributed by atoms with van der Waals surface area (Å²) >= 11 is 0. The Morgan fingerprint density at radius 3 is 2.57 bits per heavy atom. The molecule has 0 saturated carbocycles. The van der Waals surface area contributed by atoms with Crippen LogP contribution >= 0.6 is 0 Å². The van der Waals surface area contributed by atoms with E-state index in [1.807, 2.05) is 24.3 Å². The standard InChI is InChI=1S/C16H20N2O3/c1-11(2)10-18(3)16(19)14-9-15(21-17-14)12-5-7-13(20-4)8-6-12/h5-9,11H,10H2,1-4H3. The Hall–Kier alpha value is -2.30. The molecule has 21 heavy (non-hydrogen) atoms.